The minimum absolute atomic E-state index is 0.0827. The molecule has 0 spiro atoms. The van der Waals surface area contributed by atoms with Crippen LogP contribution in [0.1, 0.15) is 48.1 Å². The minimum Gasteiger partial charge on any atom is -0.352 e. The smallest absolute Gasteiger partial charge is 0.264 e. The Hall–Kier alpha value is -4.43. The normalized spacial score (nSPS) is 12.6. The van der Waals surface area contributed by atoms with Crippen molar-refractivity contribution in [3.05, 3.63) is 131 Å². The van der Waals surface area contributed by atoms with Gasteiger partial charge in [-0.15, -0.1) is 0 Å². The van der Waals surface area contributed by atoms with Gasteiger partial charge in [0.1, 0.15) is 12.6 Å². The van der Waals surface area contributed by atoms with Gasteiger partial charge in [-0.05, 0) is 74.6 Å². The molecule has 1 N–H and O–H groups in total. The molecule has 2 amide bonds. The topological polar surface area (TPSA) is 86.8 Å². The fraction of sp³-hybridized carbons (Fsp3) is 0.297. The van der Waals surface area contributed by atoms with E-state index in [2.05, 4.69) is 5.32 Å². The van der Waals surface area contributed by atoms with E-state index in [-0.39, 0.29) is 29.8 Å². The molecule has 0 fully saturated rings. The van der Waals surface area contributed by atoms with Gasteiger partial charge in [-0.2, -0.15) is 0 Å². The molecule has 0 radical (unpaired) electrons. The van der Waals surface area contributed by atoms with Crippen LogP contribution in [0.25, 0.3) is 0 Å². The zero-order valence-corrected chi connectivity index (χ0v) is 27.6. The molecule has 0 bridgehead atoms. The van der Waals surface area contributed by atoms with Crippen molar-refractivity contribution in [3.63, 3.8) is 0 Å². The first kappa shape index (κ1) is 33.5. The summed E-state index contributed by atoms with van der Waals surface area (Å²) in [5.41, 5.74) is 4.77. The summed E-state index contributed by atoms with van der Waals surface area (Å²) < 4.78 is 29.6. The Bertz CT molecular complexity index is 1710. The number of benzene rings is 4. The number of carbonyl (C=O) groups is 2. The van der Waals surface area contributed by atoms with Gasteiger partial charge in [0.25, 0.3) is 10.0 Å². The molecule has 0 aliphatic carbocycles. The van der Waals surface area contributed by atoms with Crippen molar-refractivity contribution < 1.29 is 18.0 Å². The molecule has 0 unspecified atom stereocenters. The van der Waals surface area contributed by atoms with E-state index < -0.39 is 28.5 Å². The lowest BCUT2D eigenvalue weighted by molar-refractivity contribution is -0.140. The van der Waals surface area contributed by atoms with Gasteiger partial charge in [0.15, 0.2) is 0 Å². The summed E-state index contributed by atoms with van der Waals surface area (Å²) >= 11 is 0. The Balaban J connectivity index is 1.83. The third-order valence-corrected chi connectivity index (χ3v) is 9.72. The van der Waals surface area contributed by atoms with Crippen LogP contribution >= 0.6 is 0 Å². The number of anilines is 1. The first-order valence-electron chi connectivity index (χ1n) is 15.3. The summed E-state index contributed by atoms with van der Waals surface area (Å²) in [6.45, 7) is 9.27. The summed E-state index contributed by atoms with van der Waals surface area (Å²) in [4.78, 5) is 30.2. The fourth-order valence-electron chi connectivity index (χ4n) is 5.22. The standard InChI is InChI=1S/C37H43N3O4S/c1-6-30(5)38-37(42)35(24-31-15-9-7-10-16-31)39(25-32-17-13-14-27(2)22-32)36(41)26-40(34-23-28(3)20-21-29(34)4)45(43,44)33-18-11-8-12-19-33/h7-23,30,35H,6,24-26H2,1-5H3,(H,38,42)/t30-,35-/m1/s1. The third kappa shape index (κ3) is 8.60. The van der Waals surface area contributed by atoms with Crippen molar-refractivity contribution in [1.29, 1.82) is 0 Å². The molecule has 2 atom stereocenters. The van der Waals surface area contributed by atoms with E-state index in [0.29, 0.717) is 11.3 Å². The summed E-state index contributed by atoms with van der Waals surface area (Å²) in [6, 6.07) is 30.1. The third-order valence-electron chi connectivity index (χ3n) is 7.95. The lowest BCUT2D eigenvalue weighted by Gasteiger charge is -2.34. The number of hydrogen-bond donors (Lipinski definition) is 1. The number of carbonyl (C=O) groups excluding carboxylic acids is 2. The average molecular weight is 626 g/mol. The highest BCUT2D eigenvalue weighted by atomic mass is 32.2. The van der Waals surface area contributed by atoms with E-state index in [9.17, 15) is 18.0 Å². The largest absolute Gasteiger partial charge is 0.352 e. The molecule has 4 aromatic carbocycles. The Morgan fingerprint density at radius 3 is 2.04 bits per heavy atom. The van der Waals surface area contributed by atoms with Crippen LogP contribution in [0.2, 0.25) is 0 Å². The number of nitrogens with zero attached hydrogens (tertiary/aromatic N) is 2. The summed E-state index contributed by atoms with van der Waals surface area (Å²) in [5.74, 6) is -0.754. The molecule has 4 aromatic rings. The molecule has 4 rings (SSSR count). The van der Waals surface area contributed by atoms with Gasteiger partial charge in [0.05, 0.1) is 10.6 Å². The van der Waals surface area contributed by atoms with Crippen LogP contribution in [0.4, 0.5) is 5.69 Å². The predicted octanol–water partition coefficient (Wildman–Crippen LogP) is 6.36. The molecular formula is C37H43N3O4S. The second kappa shape index (κ2) is 15.0. The highest BCUT2D eigenvalue weighted by molar-refractivity contribution is 7.92. The molecule has 236 valence electrons. The fourth-order valence-corrected chi connectivity index (χ4v) is 6.71. The Labute approximate surface area is 268 Å². The van der Waals surface area contributed by atoms with Gasteiger partial charge in [-0.1, -0.05) is 97.4 Å². The monoisotopic (exact) mass is 625 g/mol. The van der Waals surface area contributed by atoms with E-state index in [0.717, 1.165) is 28.7 Å². The lowest BCUT2D eigenvalue weighted by atomic mass is 10.0. The quantitative estimate of drug-likeness (QED) is 0.187. The van der Waals surface area contributed by atoms with Gasteiger partial charge in [0.2, 0.25) is 11.8 Å². The minimum atomic E-state index is -4.14. The van der Waals surface area contributed by atoms with Crippen LogP contribution in [0.15, 0.2) is 108 Å². The molecule has 0 aliphatic rings. The molecule has 8 heteroatoms. The van der Waals surface area contributed by atoms with Gasteiger partial charge in [0, 0.05) is 19.0 Å². The second-order valence-corrected chi connectivity index (χ2v) is 13.5. The molecule has 7 nitrogen and oxygen atoms in total. The van der Waals surface area contributed by atoms with E-state index in [1.807, 2.05) is 101 Å². The zero-order chi connectivity index (χ0) is 32.6. The first-order valence-corrected chi connectivity index (χ1v) is 16.8. The highest BCUT2D eigenvalue weighted by Gasteiger charge is 2.35. The first-order chi connectivity index (χ1) is 21.5. The van der Waals surface area contributed by atoms with Gasteiger partial charge < -0.3 is 10.2 Å². The van der Waals surface area contributed by atoms with Crippen molar-refractivity contribution >= 4 is 27.5 Å². The predicted molar refractivity (Wildman–Crippen MR) is 180 cm³/mol. The maximum absolute atomic E-state index is 14.6. The van der Waals surface area contributed by atoms with E-state index in [1.165, 1.54) is 21.3 Å². The second-order valence-electron chi connectivity index (χ2n) is 11.6. The van der Waals surface area contributed by atoms with E-state index >= 15 is 0 Å². The van der Waals surface area contributed by atoms with Gasteiger partial charge in [-0.25, -0.2) is 8.42 Å². The van der Waals surface area contributed by atoms with Gasteiger partial charge >= 0.3 is 0 Å². The summed E-state index contributed by atoms with van der Waals surface area (Å²) in [6.07, 6.45) is 1.00. The van der Waals surface area contributed by atoms with Crippen LogP contribution in [-0.4, -0.2) is 43.8 Å². The molecule has 0 aliphatic heterocycles. The van der Waals surface area contributed by atoms with Crippen LogP contribution in [0.3, 0.4) is 0 Å². The Kier molecular flexibility index (Phi) is 11.2. The van der Waals surface area contributed by atoms with Crippen molar-refractivity contribution in [1.82, 2.24) is 10.2 Å². The number of nitrogens with one attached hydrogen (secondary N) is 1. The SMILES string of the molecule is CC[C@@H](C)NC(=O)[C@@H](Cc1ccccc1)N(Cc1cccc(C)c1)C(=O)CN(c1cc(C)ccc1C)S(=O)(=O)c1ccccc1. The molecule has 0 heterocycles. The van der Waals surface area contributed by atoms with E-state index in [1.54, 1.807) is 24.3 Å². The molecule has 0 saturated heterocycles. The van der Waals surface area contributed by atoms with E-state index in [4.69, 9.17) is 0 Å². The highest BCUT2D eigenvalue weighted by Crippen LogP contribution is 2.29. The molecule has 45 heavy (non-hydrogen) atoms. The molecule has 0 aromatic heterocycles. The Morgan fingerprint density at radius 2 is 1.40 bits per heavy atom. The number of hydrogen-bond acceptors (Lipinski definition) is 4. The molecule has 0 saturated carbocycles. The maximum atomic E-state index is 14.6. The van der Waals surface area contributed by atoms with Crippen LogP contribution in [-0.2, 0) is 32.6 Å². The number of rotatable bonds is 13. The summed E-state index contributed by atoms with van der Waals surface area (Å²) in [5, 5.41) is 3.08. The number of amides is 2. The van der Waals surface area contributed by atoms with Crippen LogP contribution in [0, 0.1) is 20.8 Å². The van der Waals surface area contributed by atoms with Crippen molar-refractivity contribution in [2.75, 3.05) is 10.8 Å². The van der Waals surface area contributed by atoms with Crippen molar-refractivity contribution in [2.24, 2.45) is 0 Å². The van der Waals surface area contributed by atoms with Crippen molar-refractivity contribution in [3.8, 4) is 0 Å². The van der Waals surface area contributed by atoms with Crippen molar-refractivity contribution in [2.45, 2.75) is 71.0 Å². The zero-order valence-electron chi connectivity index (χ0n) is 26.7. The average Bonchev–Trinajstić information content (AvgIpc) is 3.03. The summed E-state index contributed by atoms with van der Waals surface area (Å²) in [7, 11) is -4.14. The number of aryl methyl sites for hydroxylation is 3. The van der Waals surface area contributed by atoms with Crippen LogP contribution < -0.4 is 9.62 Å². The van der Waals surface area contributed by atoms with Gasteiger partial charge in [-0.3, -0.25) is 13.9 Å². The number of sulfonamides is 1. The lowest BCUT2D eigenvalue weighted by Crippen LogP contribution is -2.54. The molecular weight excluding hydrogens is 582 g/mol. The van der Waals surface area contributed by atoms with Crippen LogP contribution in [0.5, 0.6) is 0 Å². The Morgan fingerprint density at radius 1 is 0.778 bits per heavy atom. The maximum Gasteiger partial charge on any atom is 0.264 e.